The van der Waals surface area contributed by atoms with Crippen molar-refractivity contribution in [1.82, 2.24) is 15.2 Å². The first-order valence-corrected chi connectivity index (χ1v) is 6.78. The number of nitrogens with one attached hydrogen (secondary N) is 1. The van der Waals surface area contributed by atoms with Crippen LogP contribution in [0.25, 0.3) is 0 Å². The molecule has 1 saturated heterocycles. The molecule has 5 heteroatoms. The van der Waals surface area contributed by atoms with Crippen LogP contribution in [0, 0.1) is 6.92 Å². The highest BCUT2D eigenvalue weighted by Crippen LogP contribution is 2.10. The summed E-state index contributed by atoms with van der Waals surface area (Å²) in [6, 6.07) is 5.76. The molecule has 5 nitrogen and oxygen atoms in total. The first-order valence-electron chi connectivity index (χ1n) is 6.78. The fourth-order valence-electron chi connectivity index (χ4n) is 2.40. The molecule has 1 unspecified atom stereocenters. The number of carbonyl (C=O) groups is 1. The number of amides is 1. The Hall–Kier alpha value is -1.46. The summed E-state index contributed by atoms with van der Waals surface area (Å²) in [6.45, 7) is 3.84. The maximum Gasteiger partial charge on any atom is 0.272 e. The van der Waals surface area contributed by atoms with Gasteiger partial charge in [0.15, 0.2) is 0 Å². The van der Waals surface area contributed by atoms with Gasteiger partial charge in [-0.1, -0.05) is 6.07 Å². The van der Waals surface area contributed by atoms with Gasteiger partial charge < -0.3 is 15.3 Å². The van der Waals surface area contributed by atoms with Gasteiger partial charge in [-0.2, -0.15) is 0 Å². The topological polar surface area (TPSA) is 65.5 Å². The first-order chi connectivity index (χ1) is 9.20. The minimum absolute atomic E-state index is 0.0235. The van der Waals surface area contributed by atoms with E-state index in [0.717, 1.165) is 25.1 Å². The van der Waals surface area contributed by atoms with E-state index >= 15 is 0 Å². The Bertz CT molecular complexity index is 430. The van der Waals surface area contributed by atoms with Crippen molar-refractivity contribution in [2.45, 2.75) is 25.8 Å². The van der Waals surface area contributed by atoms with E-state index in [9.17, 15) is 4.79 Å². The summed E-state index contributed by atoms with van der Waals surface area (Å²) in [6.07, 6.45) is 2.23. The van der Waals surface area contributed by atoms with Crippen LogP contribution in [0.4, 0.5) is 0 Å². The van der Waals surface area contributed by atoms with Gasteiger partial charge in [-0.3, -0.25) is 4.79 Å². The molecule has 2 N–H and O–H groups in total. The molecule has 1 aliphatic heterocycles. The van der Waals surface area contributed by atoms with E-state index < -0.39 is 0 Å². The normalized spacial score (nSPS) is 18.5. The van der Waals surface area contributed by atoms with Gasteiger partial charge in [-0.15, -0.1) is 0 Å². The van der Waals surface area contributed by atoms with Crippen molar-refractivity contribution in [3.63, 3.8) is 0 Å². The van der Waals surface area contributed by atoms with Crippen molar-refractivity contribution in [3.05, 3.63) is 29.6 Å². The van der Waals surface area contributed by atoms with E-state index in [4.69, 9.17) is 5.11 Å². The number of hydrogen-bond donors (Lipinski definition) is 2. The monoisotopic (exact) mass is 263 g/mol. The molecular weight excluding hydrogens is 242 g/mol. The summed E-state index contributed by atoms with van der Waals surface area (Å²) in [4.78, 5) is 18.3. The molecule has 1 aliphatic rings. The number of pyridine rings is 1. The molecule has 0 spiro atoms. The molecule has 0 saturated carbocycles. The fraction of sp³-hybridized carbons (Fsp3) is 0.571. The molecule has 1 atom stereocenters. The lowest BCUT2D eigenvalue weighted by Crippen LogP contribution is -2.42. The predicted molar refractivity (Wildman–Crippen MR) is 73.0 cm³/mol. The first kappa shape index (κ1) is 14.0. The SMILES string of the molecule is Cc1cccc(C(=O)N(CCO)CC2CCCN2)n1. The lowest BCUT2D eigenvalue weighted by molar-refractivity contribution is 0.0700. The smallest absolute Gasteiger partial charge is 0.272 e. The summed E-state index contributed by atoms with van der Waals surface area (Å²) in [5.41, 5.74) is 1.28. The van der Waals surface area contributed by atoms with Gasteiger partial charge in [0.2, 0.25) is 0 Å². The van der Waals surface area contributed by atoms with Gasteiger partial charge in [0.05, 0.1) is 6.61 Å². The number of nitrogens with zero attached hydrogens (tertiary/aromatic N) is 2. The lowest BCUT2D eigenvalue weighted by Gasteiger charge is -2.25. The third kappa shape index (κ3) is 3.75. The summed E-state index contributed by atoms with van der Waals surface area (Å²) in [5, 5.41) is 12.5. The highest BCUT2D eigenvalue weighted by molar-refractivity contribution is 5.92. The van der Waals surface area contributed by atoms with Gasteiger partial charge >= 0.3 is 0 Å². The summed E-state index contributed by atoms with van der Waals surface area (Å²) < 4.78 is 0. The highest BCUT2D eigenvalue weighted by atomic mass is 16.3. The number of carbonyl (C=O) groups excluding carboxylic acids is 1. The minimum atomic E-state index is -0.105. The van der Waals surface area contributed by atoms with Crippen molar-refractivity contribution >= 4 is 5.91 Å². The third-order valence-electron chi connectivity index (χ3n) is 3.37. The summed E-state index contributed by atoms with van der Waals surface area (Å²) in [5.74, 6) is -0.105. The highest BCUT2D eigenvalue weighted by Gasteiger charge is 2.22. The van der Waals surface area contributed by atoms with Crippen molar-refractivity contribution in [2.75, 3.05) is 26.2 Å². The second kappa shape index (κ2) is 6.63. The average Bonchev–Trinajstić information content (AvgIpc) is 2.90. The summed E-state index contributed by atoms with van der Waals surface area (Å²) >= 11 is 0. The lowest BCUT2D eigenvalue weighted by atomic mass is 10.2. The molecule has 1 fully saturated rings. The van der Waals surface area contributed by atoms with Crippen LogP contribution in [-0.2, 0) is 0 Å². The number of aryl methyl sites for hydroxylation is 1. The van der Waals surface area contributed by atoms with Crippen LogP contribution in [0.2, 0.25) is 0 Å². The second-order valence-corrected chi connectivity index (χ2v) is 4.93. The molecule has 1 aromatic heterocycles. The van der Waals surface area contributed by atoms with Gasteiger partial charge in [0.1, 0.15) is 5.69 Å². The molecule has 0 radical (unpaired) electrons. The molecule has 2 heterocycles. The minimum Gasteiger partial charge on any atom is -0.395 e. The van der Waals surface area contributed by atoms with Crippen LogP contribution in [0.15, 0.2) is 18.2 Å². The van der Waals surface area contributed by atoms with Crippen LogP contribution in [0.5, 0.6) is 0 Å². The largest absolute Gasteiger partial charge is 0.395 e. The molecule has 2 rings (SSSR count). The Morgan fingerprint density at radius 1 is 1.58 bits per heavy atom. The van der Waals surface area contributed by atoms with Crippen molar-refractivity contribution in [2.24, 2.45) is 0 Å². The number of aromatic nitrogens is 1. The number of hydrogen-bond acceptors (Lipinski definition) is 4. The van der Waals surface area contributed by atoms with Crippen LogP contribution in [0.3, 0.4) is 0 Å². The van der Waals surface area contributed by atoms with Gasteiger partial charge in [-0.25, -0.2) is 4.98 Å². The predicted octanol–water partition coefficient (Wildman–Crippen LogP) is 0.577. The Balaban J connectivity index is 2.06. The second-order valence-electron chi connectivity index (χ2n) is 4.93. The fourth-order valence-corrected chi connectivity index (χ4v) is 2.40. The number of aliphatic hydroxyl groups excluding tert-OH is 1. The number of aliphatic hydroxyl groups is 1. The molecule has 0 bridgehead atoms. The van der Waals surface area contributed by atoms with E-state index in [1.165, 1.54) is 0 Å². The van der Waals surface area contributed by atoms with Crippen molar-refractivity contribution in [3.8, 4) is 0 Å². The van der Waals surface area contributed by atoms with Crippen molar-refractivity contribution in [1.29, 1.82) is 0 Å². The molecular formula is C14H21N3O2. The molecule has 19 heavy (non-hydrogen) atoms. The quantitative estimate of drug-likeness (QED) is 0.815. The Morgan fingerprint density at radius 2 is 2.42 bits per heavy atom. The van der Waals surface area contributed by atoms with E-state index in [-0.39, 0.29) is 12.5 Å². The van der Waals surface area contributed by atoms with Crippen LogP contribution in [-0.4, -0.2) is 53.2 Å². The molecule has 0 aromatic carbocycles. The van der Waals surface area contributed by atoms with E-state index in [0.29, 0.717) is 24.8 Å². The third-order valence-corrected chi connectivity index (χ3v) is 3.37. The zero-order chi connectivity index (χ0) is 13.7. The Morgan fingerprint density at radius 3 is 3.05 bits per heavy atom. The van der Waals surface area contributed by atoms with E-state index in [1.54, 1.807) is 11.0 Å². The Kier molecular flexibility index (Phi) is 4.87. The summed E-state index contributed by atoms with van der Waals surface area (Å²) in [7, 11) is 0. The molecule has 1 aromatic rings. The maximum atomic E-state index is 12.4. The van der Waals surface area contributed by atoms with Crippen LogP contribution >= 0.6 is 0 Å². The average molecular weight is 263 g/mol. The van der Waals surface area contributed by atoms with Crippen LogP contribution in [0.1, 0.15) is 29.0 Å². The van der Waals surface area contributed by atoms with Gasteiger partial charge in [0, 0.05) is 24.8 Å². The number of rotatable bonds is 5. The maximum absolute atomic E-state index is 12.4. The van der Waals surface area contributed by atoms with Crippen molar-refractivity contribution < 1.29 is 9.90 Å². The van der Waals surface area contributed by atoms with Crippen LogP contribution < -0.4 is 5.32 Å². The Labute approximate surface area is 113 Å². The van der Waals surface area contributed by atoms with E-state index in [1.807, 2.05) is 19.1 Å². The van der Waals surface area contributed by atoms with Gasteiger partial charge in [0.25, 0.3) is 5.91 Å². The molecule has 0 aliphatic carbocycles. The zero-order valence-electron chi connectivity index (χ0n) is 11.3. The molecule has 1 amide bonds. The van der Waals surface area contributed by atoms with Gasteiger partial charge in [-0.05, 0) is 38.4 Å². The van der Waals surface area contributed by atoms with E-state index in [2.05, 4.69) is 10.3 Å². The molecule has 104 valence electrons. The standard InChI is InChI=1S/C14H21N3O2/c1-11-4-2-6-13(16-11)14(19)17(8-9-18)10-12-5-3-7-15-12/h2,4,6,12,15,18H,3,5,7-10H2,1H3. The zero-order valence-corrected chi connectivity index (χ0v) is 11.3.